The van der Waals surface area contributed by atoms with Gasteiger partial charge in [-0.3, -0.25) is 0 Å². The molecule has 0 aromatic carbocycles. The molecule has 0 saturated carbocycles. The average Bonchev–Trinajstić information content (AvgIpc) is 2.92. The highest BCUT2D eigenvalue weighted by molar-refractivity contribution is 5.85. The van der Waals surface area contributed by atoms with Crippen LogP contribution < -0.4 is 16.2 Å². The number of fused-ring (bicyclic) bond motifs is 3. The van der Waals surface area contributed by atoms with Crippen molar-refractivity contribution < 1.29 is 14.2 Å². The first-order valence-electron chi connectivity index (χ1n) is 8.34. The number of halogens is 1. The monoisotopic (exact) mass is 361 g/mol. The Bertz CT molecular complexity index is 919. The van der Waals surface area contributed by atoms with E-state index in [0.29, 0.717) is 19.0 Å². The lowest BCUT2D eigenvalue weighted by Crippen LogP contribution is -2.43. The molecule has 6 nitrogen and oxygen atoms in total. The summed E-state index contributed by atoms with van der Waals surface area (Å²) in [5.41, 5.74) is 9.57. The first kappa shape index (κ1) is 17.7. The van der Waals surface area contributed by atoms with Crippen molar-refractivity contribution >= 4 is 30.1 Å². The average molecular weight is 362 g/mol. The molecule has 1 aromatic heterocycles. The number of quaternary nitrogens is 1. The number of hydroxylamine groups is 3. The van der Waals surface area contributed by atoms with E-state index >= 15 is 0 Å². The Morgan fingerprint density at radius 2 is 2.12 bits per heavy atom. The maximum absolute atomic E-state index is 6.22. The number of hydrogen-bond donors (Lipinski definition) is 1. The van der Waals surface area contributed by atoms with Crippen LogP contribution in [-0.4, -0.2) is 28.1 Å². The van der Waals surface area contributed by atoms with Gasteiger partial charge in [-0.2, -0.15) is 9.94 Å². The molecule has 0 radical (unpaired) electrons. The molecule has 25 heavy (non-hydrogen) atoms. The smallest absolute Gasteiger partial charge is 0.335 e. The van der Waals surface area contributed by atoms with Crippen molar-refractivity contribution in [3.8, 4) is 0 Å². The molecule has 3 aliphatic rings. The molecule has 2 aliphatic heterocycles. The molecular formula is C18H22ClN4O2+. The Hall–Kier alpha value is -2.15. The van der Waals surface area contributed by atoms with Crippen molar-refractivity contribution in [1.29, 1.82) is 0 Å². The lowest BCUT2D eigenvalue weighted by molar-refractivity contribution is -0.967. The summed E-state index contributed by atoms with van der Waals surface area (Å²) in [7, 11) is 0. The molecule has 1 aliphatic carbocycles. The Balaban J connectivity index is 0.00000182. The number of ether oxygens (including phenoxy) is 1. The minimum Gasteiger partial charge on any atom is -0.449 e. The first-order valence-corrected chi connectivity index (χ1v) is 8.34. The van der Waals surface area contributed by atoms with Gasteiger partial charge >= 0.3 is 5.88 Å². The van der Waals surface area contributed by atoms with Crippen LogP contribution in [0.4, 0.5) is 5.82 Å². The van der Waals surface area contributed by atoms with Gasteiger partial charge < -0.3 is 10.5 Å². The van der Waals surface area contributed by atoms with Gasteiger partial charge in [-0.05, 0) is 32.3 Å². The number of anilines is 1. The van der Waals surface area contributed by atoms with Crippen LogP contribution in [0.15, 0.2) is 41.5 Å². The molecule has 132 valence electrons. The molecule has 2 N–H and O–H groups in total. The van der Waals surface area contributed by atoms with Crippen LogP contribution in [0.2, 0.25) is 0 Å². The third-order valence-corrected chi connectivity index (χ3v) is 4.51. The Labute approximate surface area is 152 Å². The summed E-state index contributed by atoms with van der Waals surface area (Å²) in [6.07, 6.45) is 12.2. The van der Waals surface area contributed by atoms with Crippen LogP contribution >= 0.6 is 12.4 Å². The van der Waals surface area contributed by atoms with Crippen molar-refractivity contribution in [2.24, 2.45) is 0 Å². The van der Waals surface area contributed by atoms with Crippen molar-refractivity contribution in [1.82, 2.24) is 10.2 Å². The quantitative estimate of drug-likeness (QED) is 0.826. The van der Waals surface area contributed by atoms with E-state index in [-0.39, 0.29) is 17.1 Å². The molecule has 1 unspecified atom stereocenters. The van der Waals surface area contributed by atoms with Crippen LogP contribution in [0.5, 0.6) is 0 Å². The highest BCUT2D eigenvalue weighted by Gasteiger charge is 2.49. The summed E-state index contributed by atoms with van der Waals surface area (Å²) < 4.78 is 6.07. The number of aromatic nitrogens is 2. The molecule has 0 amide bonds. The predicted octanol–water partition coefficient (Wildman–Crippen LogP) is 1.65. The maximum Gasteiger partial charge on any atom is 0.335 e. The van der Waals surface area contributed by atoms with Crippen molar-refractivity contribution in [2.45, 2.75) is 26.7 Å². The fraction of sp³-hybridized carbons (Fsp3) is 0.333. The van der Waals surface area contributed by atoms with E-state index in [1.54, 1.807) is 6.20 Å². The fourth-order valence-corrected chi connectivity index (χ4v) is 3.65. The normalized spacial score (nSPS) is 23.1. The molecule has 1 atom stereocenters. The Kier molecular flexibility index (Phi) is 4.69. The van der Waals surface area contributed by atoms with E-state index in [1.807, 2.05) is 20.0 Å². The van der Waals surface area contributed by atoms with Crippen molar-refractivity contribution in [2.75, 3.05) is 18.9 Å². The SMILES string of the molecule is CCOC1=CC2=C(C=CCC2)C2=c3c(N)nncc3=C[N+]12OCC.Cl. The standard InChI is InChI=1S/C18H21N4O2.ClH/c1-3-23-15-9-12-7-5-6-8-14(12)17-16-13(10-20-21-18(16)19)11-22(15,17)24-4-2;/h6,8-11H,3-5,7H2,1-2H3,(H2,19,21);1H/q+1;. The maximum atomic E-state index is 6.22. The van der Waals surface area contributed by atoms with E-state index < -0.39 is 0 Å². The molecule has 0 bridgehead atoms. The first-order chi connectivity index (χ1) is 11.7. The molecular weight excluding hydrogens is 340 g/mol. The Morgan fingerprint density at radius 1 is 1.28 bits per heavy atom. The van der Waals surface area contributed by atoms with Gasteiger partial charge in [0.05, 0.1) is 23.2 Å². The summed E-state index contributed by atoms with van der Waals surface area (Å²) in [6.45, 7) is 5.06. The van der Waals surface area contributed by atoms with Gasteiger partial charge in [0.25, 0.3) is 0 Å². The van der Waals surface area contributed by atoms with Crippen molar-refractivity contribution in [3.05, 3.63) is 51.9 Å². The van der Waals surface area contributed by atoms with Crippen LogP contribution in [0.25, 0.3) is 11.9 Å². The highest BCUT2D eigenvalue weighted by Crippen LogP contribution is 2.44. The molecule has 4 rings (SSSR count). The summed E-state index contributed by atoms with van der Waals surface area (Å²) in [5.74, 6) is 1.18. The second-order valence-corrected chi connectivity index (χ2v) is 5.91. The van der Waals surface area contributed by atoms with E-state index in [0.717, 1.165) is 40.4 Å². The number of nitrogens with zero attached hydrogens (tertiary/aromatic N) is 3. The molecule has 1 aromatic rings. The number of nitrogens with two attached hydrogens (primary N) is 1. The molecule has 0 saturated heterocycles. The molecule has 7 heteroatoms. The van der Waals surface area contributed by atoms with Gasteiger partial charge in [0.1, 0.15) is 6.61 Å². The number of nitrogen functional groups attached to an aromatic ring is 1. The predicted molar refractivity (Wildman–Crippen MR) is 97.8 cm³/mol. The van der Waals surface area contributed by atoms with E-state index in [9.17, 15) is 0 Å². The number of hydrogen-bond acceptors (Lipinski definition) is 5. The van der Waals surface area contributed by atoms with Crippen LogP contribution in [0, 0.1) is 0 Å². The lowest BCUT2D eigenvalue weighted by Gasteiger charge is -2.35. The van der Waals surface area contributed by atoms with Crippen LogP contribution in [0.3, 0.4) is 0 Å². The zero-order valence-electron chi connectivity index (χ0n) is 14.4. The van der Waals surface area contributed by atoms with Gasteiger partial charge in [-0.25, -0.2) is 0 Å². The van der Waals surface area contributed by atoms with Crippen LogP contribution in [0.1, 0.15) is 26.7 Å². The lowest BCUT2D eigenvalue weighted by atomic mass is 9.91. The van der Waals surface area contributed by atoms with Gasteiger partial charge in [0.15, 0.2) is 17.7 Å². The second kappa shape index (κ2) is 6.63. The van der Waals surface area contributed by atoms with Crippen molar-refractivity contribution in [3.63, 3.8) is 0 Å². The van der Waals surface area contributed by atoms with E-state index in [2.05, 4.69) is 28.4 Å². The summed E-state index contributed by atoms with van der Waals surface area (Å²) in [4.78, 5) is 6.22. The van der Waals surface area contributed by atoms with Crippen LogP contribution in [-0.2, 0) is 9.57 Å². The highest BCUT2D eigenvalue weighted by atomic mass is 35.5. The zero-order chi connectivity index (χ0) is 16.7. The minimum absolute atomic E-state index is 0. The minimum atomic E-state index is 0. The van der Waals surface area contributed by atoms with Gasteiger partial charge in [0, 0.05) is 11.6 Å². The topological polar surface area (TPSA) is 70.3 Å². The van der Waals surface area contributed by atoms with E-state index in [1.165, 1.54) is 5.57 Å². The fourth-order valence-electron chi connectivity index (χ4n) is 3.65. The summed E-state index contributed by atoms with van der Waals surface area (Å²) in [5, 5.41) is 9.87. The molecule has 3 heterocycles. The Morgan fingerprint density at radius 3 is 2.88 bits per heavy atom. The second-order valence-electron chi connectivity index (χ2n) is 5.91. The van der Waals surface area contributed by atoms with E-state index in [4.69, 9.17) is 15.3 Å². The van der Waals surface area contributed by atoms with Gasteiger partial charge in [0.2, 0.25) is 0 Å². The largest absolute Gasteiger partial charge is 0.449 e. The third kappa shape index (κ3) is 2.49. The number of rotatable bonds is 4. The number of allylic oxidation sites excluding steroid dienone is 3. The van der Waals surface area contributed by atoms with Gasteiger partial charge in [-0.15, -0.1) is 17.5 Å². The summed E-state index contributed by atoms with van der Waals surface area (Å²) in [6, 6.07) is 0. The third-order valence-electron chi connectivity index (χ3n) is 4.51. The van der Waals surface area contributed by atoms with Gasteiger partial charge in [-0.1, -0.05) is 16.8 Å². The summed E-state index contributed by atoms with van der Waals surface area (Å²) >= 11 is 0. The molecule has 0 fully saturated rings. The molecule has 0 spiro atoms. The zero-order valence-corrected chi connectivity index (χ0v) is 15.2.